The summed E-state index contributed by atoms with van der Waals surface area (Å²) >= 11 is 5.95. The lowest BCUT2D eigenvalue weighted by Crippen LogP contribution is -2.24. The number of hydrogen-bond donors (Lipinski definition) is 1. The summed E-state index contributed by atoms with van der Waals surface area (Å²) in [7, 11) is 0. The molecule has 150 valence electrons. The number of carbonyl (C=O) groups excluding carboxylic acids is 2. The van der Waals surface area contributed by atoms with Crippen molar-refractivity contribution in [3.63, 3.8) is 0 Å². The van der Waals surface area contributed by atoms with Gasteiger partial charge < -0.3 is 5.32 Å². The van der Waals surface area contributed by atoms with E-state index in [0.717, 1.165) is 18.2 Å². The molecule has 0 aliphatic rings. The largest absolute Gasteiger partial charge is 0.416 e. The molecule has 1 amide bonds. The molecular formula is C20H20ClF3N2O2. The van der Waals surface area contributed by atoms with Crippen molar-refractivity contribution in [3.8, 4) is 0 Å². The van der Waals surface area contributed by atoms with Gasteiger partial charge in [-0.1, -0.05) is 25.4 Å². The minimum absolute atomic E-state index is 0.000190. The van der Waals surface area contributed by atoms with Gasteiger partial charge in [-0.15, -0.1) is 0 Å². The summed E-state index contributed by atoms with van der Waals surface area (Å²) in [5.41, 5.74) is 0.639. The molecule has 1 aromatic heterocycles. The topological polar surface area (TPSA) is 59.1 Å². The lowest BCUT2D eigenvalue weighted by atomic mass is 10.0. The molecule has 0 spiro atoms. The van der Waals surface area contributed by atoms with E-state index in [0.29, 0.717) is 11.4 Å². The molecule has 0 atom stereocenters. The quantitative estimate of drug-likeness (QED) is 0.744. The highest BCUT2D eigenvalue weighted by Crippen LogP contribution is 2.31. The number of aromatic nitrogens is 1. The van der Waals surface area contributed by atoms with E-state index in [9.17, 15) is 22.8 Å². The Bertz CT molecular complexity index is 896. The van der Waals surface area contributed by atoms with Crippen molar-refractivity contribution in [2.75, 3.05) is 0 Å². The number of halogens is 4. The van der Waals surface area contributed by atoms with Gasteiger partial charge >= 0.3 is 6.18 Å². The van der Waals surface area contributed by atoms with Crippen molar-refractivity contribution in [2.45, 2.75) is 39.9 Å². The van der Waals surface area contributed by atoms with Crippen molar-refractivity contribution in [1.29, 1.82) is 0 Å². The van der Waals surface area contributed by atoms with Gasteiger partial charge in [0.2, 0.25) is 0 Å². The molecule has 0 aliphatic heterocycles. The zero-order chi connectivity index (χ0) is 21.1. The molecule has 0 saturated heterocycles. The second-order valence-electron chi connectivity index (χ2n) is 6.77. The average Bonchev–Trinajstić information content (AvgIpc) is 2.59. The fourth-order valence-electron chi connectivity index (χ4n) is 2.51. The maximum absolute atomic E-state index is 12.8. The average molecular weight is 413 g/mol. The first-order valence-corrected chi connectivity index (χ1v) is 8.99. The summed E-state index contributed by atoms with van der Waals surface area (Å²) in [5.74, 6) is -0.639. The lowest BCUT2D eigenvalue weighted by Gasteiger charge is -2.12. The van der Waals surface area contributed by atoms with Crippen LogP contribution in [-0.2, 0) is 23.9 Å². The van der Waals surface area contributed by atoms with Crippen LogP contribution in [0.2, 0.25) is 5.02 Å². The number of rotatable bonds is 6. The van der Waals surface area contributed by atoms with E-state index in [4.69, 9.17) is 11.6 Å². The second-order valence-corrected chi connectivity index (χ2v) is 7.18. The minimum Gasteiger partial charge on any atom is -0.348 e. The summed E-state index contributed by atoms with van der Waals surface area (Å²) in [6, 6.07) is 6.01. The Morgan fingerprint density at radius 1 is 1.18 bits per heavy atom. The third-order valence-corrected chi connectivity index (χ3v) is 4.45. The zero-order valence-corrected chi connectivity index (χ0v) is 16.4. The number of nitrogens with one attached hydrogen (secondary N) is 1. The number of pyridine rings is 1. The molecule has 1 N–H and O–H groups in total. The number of nitrogens with zero attached hydrogens (tertiary/aromatic N) is 1. The first-order valence-electron chi connectivity index (χ1n) is 8.61. The van der Waals surface area contributed by atoms with Gasteiger partial charge in [0.25, 0.3) is 5.91 Å². The Balaban J connectivity index is 2.16. The van der Waals surface area contributed by atoms with Crippen molar-refractivity contribution in [3.05, 3.63) is 63.4 Å². The zero-order valence-electron chi connectivity index (χ0n) is 15.7. The number of benzene rings is 1. The van der Waals surface area contributed by atoms with Crippen LogP contribution in [0.1, 0.15) is 46.7 Å². The van der Waals surface area contributed by atoms with Crippen LogP contribution >= 0.6 is 11.6 Å². The first-order chi connectivity index (χ1) is 13.0. The molecule has 0 fully saturated rings. The van der Waals surface area contributed by atoms with E-state index in [1.807, 2.05) is 0 Å². The highest BCUT2D eigenvalue weighted by molar-refractivity contribution is 6.31. The van der Waals surface area contributed by atoms with Crippen molar-refractivity contribution < 1.29 is 22.8 Å². The van der Waals surface area contributed by atoms with Gasteiger partial charge in [-0.2, -0.15) is 13.2 Å². The molecule has 0 bridgehead atoms. The number of ketones is 1. The molecule has 1 heterocycles. The molecule has 2 aromatic rings. The van der Waals surface area contributed by atoms with Crippen LogP contribution in [0, 0.1) is 12.8 Å². The van der Waals surface area contributed by atoms with E-state index in [1.54, 1.807) is 26.8 Å². The van der Waals surface area contributed by atoms with Gasteiger partial charge in [0.05, 0.1) is 5.56 Å². The smallest absolute Gasteiger partial charge is 0.348 e. The third kappa shape index (κ3) is 5.79. The van der Waals surface area contributed by atoms with Gasteiger partial charge in [0, 0.05) is 40.9 Å². The number of Topliss-reactive ketones (excluding diaryl/α,β-unsaturated/α-hetero) is 1. The summed E-state index contributed by atoms with van der Waals surface area (Å²) in [5, 5.41) is 2.69. The monoisotopic (exact) mass is 412 g/mol. The molecule has 0 radical (unpaired) electrons. The molecule has 0 unspecified atom stereocenters. The molecule has 0 aliphatic carbocycles. The van der Waals surface area contributed by atoms with Crippen molar-refractivity contribution >= 4 is 23.3 Å². The Morgan fingerprint density at radius 2 is 1.86 bits per heavy atom. The third-order valence-electron chi connectivity index (χ3n) is 4.08. The number of hydrogen-bond acceptors (Lipinski definition) is 3. The van der Waals surface area contributed by atoms with Crippen LogP contribution in [0.3, 0.4) is 0 Å². The molecule has 4 nitrogen and oxygen atoms in total. The standard InChI is InChI=1S/C20H20ClF3N2O2/c1-11(2)18(27)9-16-8-13(6-12(3)26-16)19(28)25-10-14-7-15(20(22,23)24)4-5-17(14)21/h4-8,11H,9-10H2,1-3H3,(H,25,28). The fraction of sp³-hybridized carbons (Fsp3) is 0.350. The van der Waals surface area contributed by atoms with Crippen LogP contribution in [0.25, 0.3) is 0 Å². The predicted molar refractivity (Wildman–Crippen MR) is 100 cm³/mol. The van der Waals surface area contributed by atoms with Crippen LogP contribution in [0.5, 0.6) is 0 Å². The Labute approximate surface area is 166 Å². The number of carbonyl (C=O) groups is 2. The summed E-state index contributed by atoms with van der Waals surface area (Å²) in [4.78, 5) is 28.6. The Morgan fingerprint density at radius 3 is 2.46 bits per heavy atom. The Kier molecular flexibility index (Phi) is 6.82. The molecule has 1 aromatic carbocycles. The van der Waals surface area contributed by atoms with E-state index in [1.165, 1.54) is 6.07 Å². The molecule has 0 saturated carbocycles. The van der Waals surface area contributed by atoms with E-state index >= 15 is 0 Å². The van der Waals surface area contributed by atoms with E-state index in [2.05, 4.69) is 10.3 Å². The van der Waals surface area contributed by atoms with Crippen LogP contribution in [0.15, 0.2) is 30.3 Å². The highest BCUT2D eigenvalue weighted by Gasteiger charge is 2.30. The summed E-state index contributed by atoms with van der Waals surface area (Å²) < 4.78 is 38.5. The summed E-state index contributed by atoms with van der Waals surface area (Å²) in [6.45, 7) is 5.10. The number of amides is 1. The van der Waals surface area contributed by atoms with Crippen molar-refractivity contribution in [1.82, 2.24) is 10.3 Å². The highest BCUT2D eigenvalue weighted by atomic mass is 35.5. The first kappa shape index (κ1) is 21.9. The Hall–Kier alpha value is -2.41. The van der Waals surface area contributed by atoms with Gasteiger partial charge in [0.15, 0.2) is 0 Å². The molecule has 8 heteroatoms. The fourth-order valence-corrected chi connectivity index (χ4v) is 2.69. The van der Waals surface area contributed by atoms with Crippen LogP contribution < -0.4 is 5.32 Å². The molecular weight excluding hydrogens is 393 g/mol. The minimum atomic E-state index is -4.50. The predicted octanol–water partition coefficient (Wildman–Crippen LogP) is 4.76. The molecule has 28 heavy (non-hydrogen) atoms. The van der Waals surface area contributed by atoms with Gasteiger partial charge in [-0.25, -0.2) is 0 Å². The number of aryl methyl sites for hydroxylation is 1. The van der Waals surface area contributed by atoms with Crippen LogP contribution in [-0.4, -0.2) is 16.7 Å². The lowest BCUT2D eigenvalue weighted by molar-refractivity contribution is -0.137. The summed E-state index contributed by atoms with van der Waals surface area (Å²) in [6.07, 6.45) is -4.39. The van der Waals surface area contributed by atoms with Crippen molar-refractivity contribution in [2.24, 2.45) is 5.92 Å². The van der Waals surface area contributed by atoms with E-state index < -0.39 is 17.6 Å². The van der Waals surface area contributed by atoms with Gasteiger partial charge in [0.1, 0.15) is 5.78 Å². The molecule has 2 rings (SSSR count). The second kappa shape index (κ2) is 8.73. The normalized spacial score (nSPS) is 11.6. The SMILES string of the molecule is Cc1cc(C(=O)NCc2cc(C(F)(F)F)ccc2Cl)cc(CC(=O)C(C)C)n1. The van der Waals surface area contributed by atoms with Gasteiger partial charge in [-0.05, 0) is 42.8 Å². The van der Waals surface area contributed by atoms with Crippen LogP contribution in [0.4, 0.5) is 13.2 Å². The maximum Gasteiger partial charge on any atom is 0.416 e. The van der Waals surface area contributed by atoms with E-state index in [-0.39, 0.29) is 40.8 Å². The number of alkyl halides is 3. The maximum atomic E-state index is 12.8. The van der Waals surface area contributed by atoms with Gasteiger partial charge in [-0.3, -0.25) is 14.6 Å².